The lowest BCUT2D eigenvalue weighted by Gasteiger charge is -2.61. The van der Waals surface area contributed by atoms with E-state index in [2.05, 4.69) is 37.3 Å². The largest absolute Gasteiger partial charge is 0.378 e. The Morgan fingerprint density at radius 2 is 2.30 bits per heavy atom. The molecular weight excluding hydrogens is 252 g/mol. The second-order valence-electron chi connectivity index (χ2n) is 6.57. The molecule has 0 aliphatic heterocycles. The SMILES string of the molecule is CCO[C@@H]1C[C@H](NCc2cc(C(C)C)no2)C12CCC2. The topological polar surface area (TPSA) is 47.3 Å². The van der Waals surface area contributed by atoms with E-state index in [9.17, 15) is 0 Å². The summed E-state index contributed by atoms with van der Waals surface area (Å²) in [4.78, 5) is 0. The highest BCUT2D eigenvalue weighted by Gasteiger charge is 2.58. The van der Waals surface area contributed by atoms with E-state index in [1.165, 1.54) is 19.3 Å². The lowest BCUT2D eigenvalue weighted by molar-refractivity contribution is -0.173. The van der Waals surface area contributed by atoms with E-state index in [0.717, 1.165) is 31.0 Å². The Hall–Kier alpha value is -0.870. The molecule has 0 saturated heterocycles. The summed E-state index contributed by atoms with van der Waals surface area (Å²) in [5.41, 5.74) is 1.46. The Labute approximate surface area is 121 Å². The Balaban J connectivity index is 1.54. The molecule has 1 aromatic rings. The molecule has 0 amide bonds. The van der Waals surface area contributed by atoms with Crippen LogP contribution >= 0.6 is 0 Å². The predicted octanol–water partition coefficient (Wildman–Crippen LogP) is 3.24. The van der Waals surface area contributed by atoms with E-state index in [1.54, 1.807) is 0 Å². The van der Waals surface area contributed by atoms with E-state index in [1.807, 2.05) is 0 Å². The Morgan fingerprint density at radius 1 is 1.50 bits per heavy atom. The summed E-state index contributed by atoms with van der Waals surface area (Å²) in [6.45, 7) is 7.98. The van der Waals surface area contributed by atoms with E-state index < -0.39 is 0 Å². The van der Waals surface area contributed by atoms with E-state index in [-0.39, 0.29) is 0 Å². The zero-order valence-corrected chi connectivity index (χ0v) is 12.8. The molecule has 2 atom stereocenters. The molecule has 3 rings (SSSR count). The summed E-state index contributed by atoms with van der Waals surface area (Å²) in [5, 5.41) is 7.77. The maximum Gasteiger partial charge on any atom is 0.150 e. The van der Waals surface area contributed by atoms with Crippen molar-refractivity contribution in [2.75, 3.05) is 6.61 Å². The highest BCUT2D eigenvalue weighted by molar-refractivity contribution is 5.14. The summed E-state index contributed by atoms with van der Waals surface area (Å²) in [5.74, 6) is 1.37. The van der Waals surface area contributed by atoms with Crippen LogP contribution in [-0.4, -0.2) is 23.9 Å². The van der Waals surface area contributed by atoms with E-state index >= 15 is 0 Å². The molecule has 4 heteroatoms. The van der Waals surface area contributed by atoms with Crippen LogP contribution in [0.3, 0.4) is 0 Å². The molecule has 20 heavy (non-hydrogen) atoms. The number of nitrogens with zero attached hydrogens (tertiary/aromatic N) is 1. The molecule has 4 nitrogen and oxygen atoms in total. The fourth-order valence-corrected chi connectivity index (χ4v) is 3.63. The smallest absolute Gasteiger partial charge is 0.150 e. The number of ether oxygens (including phenoxy) is 1. The molecule has 1 aromatic heterocycles. The van der Waals surface area contributed by atoms with Crippen LogP contribution in [0.5, 0.6) is 0 Å². The maximum absolute atomic E-state index is 5.88. The van der Waals surface area contributed by atoms with Gasteiger partial charge in [-0.25, -0.2) is 0 Å². The first-order valence-electron chi connectivity index (χ1n) is 7.96. The molecular formula is C16H26N2O2. The number of hydrogen-bond donors (Lipinski definition) is 1. The summed E-state index contributed by atoms with van der Waals surface area (Å²) in [6.07, 6.45) is 5.58. The van der Waals surface area contributed by atoms with Crippen molar-refractivity contribution < 1.29 is 9.26 Å². The van der Waals surface area contributed by atoms with Crippen LogP contribution in [0.4, 0.5) is 0 Å². The third-order valence-corrected chi connectivity index (χ3v) is 5.13. The van der Waals surface area contributed by atoms with Gasteiger partial charge in [0.2, 0.25) is 0 Å². The monoisotopic (exact) mass is 278 g/mol. The third kappa shape index (κ3) is 2.29. The van der Waals surface area contributed by atoms with Gasteiger partial charge in [-0.3, -0.25) is 0 Å². The molecule has 0 radical (unpaired) electrons. The molecule has 0 aromatic carbocycles. The van der Waals surface area contributed by atoms with Gasteiger partial charge in [-0.1, -0.05) is 25.4 Å². The molecule has 0 unspecified atom stereocenters. The van der Waals surface area contributed by atoms with Gasteiger partial charge in [-0.05, 0) is 32.1 Å². The van der Waals surface area contributed by atoms with E-state index in [0.29, 0.717) is 23.5 Å². The van der Waals surface area contributed by atoms with Crippen LogP contribution in [0.15, 0.2) is 10.6 Å². The highest BCUT2D eigenvalue weighted by atomic mass is 16.5. The van der Waals surface area contributed by atoms with Crippen molar-refractivity contribution in [1.29, 1.82) is 0 Å². The van der Waals surface area contributed by atoms with Gasteiger partial charge in [0.25, 0.3) is 0 Å². The Kier molecular flexibility index (Phi) is 3.87. The molecule has 2 aliphatic carbocycles. The van der Waals surface area contributed by atoms with Crippen LogP contribution in [0.25, 0.3) is 0 Å². The van der Waals surface area contributed by atoms with Gasteiger partial charge < -0.3 is 14.6 Å². The number of aromatic nitrogens is 1. The van der Waals surface area contributed by atoms with Gasteiger partial charge in [0.15, 0.2) is 5.76 Å². The maximum atomic E-state index is 5.88. The van der Waals surface area contributed by atoms with Crippen molar-refractivity contribution in [3.63, 3.8) is 0 Å². The molecule has 2 aliphatic rings. The highest BCUT2D eigenvalue weighted by Crippen LogP contribution is 2.57. The normalized spacial score (nSPS) is 27.6. The predicted molar refractivity (Wildman–Crippen MR) is 77.5 cm³/mol. The average molecular weight is 278 g/mol. The van der Waals surface area contributed by atoms with Crippen LogP contribution in [-0.2, 0) is 11.3 Å². The first kappa shape index (κ1) is 14.1. The van der Waals surface area contributed by atoms with Gasteiger partial charge >= 0.3 is 0 Å². The van der Waals surface area contributed by atoms with Gasteiger partial charge in [0.1, 0.15) is 0 Å². The minimum atomic E-state index is 0.414. The van der Waals surface area contributed by atoms with Crippen molar-refractivity contribution in [3.05, 3.63) is 17.5 Å². The third-order valence-electron chi connectivity index (χ3n) is 5.13. The van der Waals surface area contributed by atoms with Gasteiger partial charge in [0, 0.05) is 24.1 Å². The zero-order chi connectivity index (χ0) is 14.2. The van der Waals surface area contributed by atoms with Gasteiger partial charge in [-0.2, -0.15) is 0 Å². The first-order valence-corrected chi connectivity index (χ1v) is 7.96. The van der Waals surface area contributed by atoms with Crippen molar-refractivity contribution in [3.8, 4) is 0 Å². The minimum Gasteiger partial charge on any atom is -0.378 e. The summed E-state index contributed by atoms with van der Waals surface area (Å²) in [7, 11) is 0. The molecule has 0 bridgehead atoms. The van der Waals surface area contributed by atoms with Crippen LogP contribution in [0.2, 0.25) is 0 Å². The first-order chi connectivity index (χ1) is 9.65. The average Bonchev–Trinajstić information content (AvgIpc) is 2.79. The molecule has 1 heterocycles. The van der Waals surface area contributed by atoms with Crippen molar-refractivity contribution in [1.82, 2.24) is 10.5 Å². The second-order valence-corrected chi connectivity index (χ2v) is 6.57. The molecule has 112 valence electrons. The summed E-state index contributed by atoms with van der Waals surface area (Å²) in [6, 6.07) is 2.66. The van der Waals surface area contributed by atoms with Crippen LogP contribution < -0.4 is 5.32 Å². The molecule has 2 saturated carbocycles. The van der Waals surface area contributed by atoms with Crippen LogP contribution in [0.1, 0.15) is 63.8 Å². The Bertz CT molecular complexity index is 451. The van der Waals surface area contributed by atoms with Gasteiger partial charge in [0.05, 0.1) is 18.3 Å². The summed E-state index contributed by atoms with van der Waals surface area (Å²) >= 11 is 0. The van der Waals surface area contributed by atoms with Crippen LogP contribution in [0, 0.1) is 5.41 Å². The van der Waals surface area contributed by atoms with E-state index in [4.69, 9.17) is 9.26 Å². The van der Waals surface area contributed by atoms with Crippen molar-refractivity contribution >= 4 is 0 Å². The molecule has 1 spiro atoms. The second kappa shape index (κ2) is 5.49. The minimum absolute atomic E-state index is 0.414. The zero-order valence-electron chi connectivity index (χ0n) is 12.8. The quantitative estimate of drug-likeness (QED) is 0.868. The molecule has 1 N–H and O–H groups in total. The lowest BCUT2D eigenvalue weighted by atomic mass is 9.51. The fourth-order valence-electron chi connectivity index (χ4n) is 3.63. The number of hydrogen-bond acceptors (Lipinski definition) is 4. The summed E-state index contributed by atoms with van der Waals surface area (Å²) < 4.78 is 11.3. The van der Waals surface area contributed by atoms with Crippen molar-refractivity contribution in [2.45, 2.75) is 71.1 Å². The Morgan fingerprint density at radius 3 is 2.85 bits per heavy atom. The lowest BCUT2D eigenvalue weighted by Crippen LogP contribution is -2.66. The molecule has 2 fully saturated rings. The fraction of sp³-hybridized carbons (Fsp3) is 0.812. The number of nitrogens with one attached hydrogen (secondary N) is 1. The van der Waals surface area contributed by atoms with Crippen molar-refractivity contribution in [2.24, 2.45) is 5.41 Å². The number of rotatable bonds is 6. The standard InChI is InChI=1S/C16H26N2O2/c1-4-19-15-9-14(16(15)6-5-7-16)17-10-12-8-13(11(2)3)18-20-12/h8,11,14-15,17H,4-7,9-10H2,1-3H3/t14-,15+/m0/s1. The van der Waals surface area contributed by atoms with Gasteiger partial charge in [-0.15, -0.1) is 0 Å².